The van der Waals surface area contributed by atoms with Crippen LogP contribution in [0.2, 0.25) is 0 Å². The molecule has 6 heteroatoms. The molecule has 20 heavy (non-hydrogen) atoms. The van der Waals surface area contributed by atoms with Crippen molar-refractivity contribution in [2.24, 2.45) is 5.73 Å². The zero-order valence-corrected chi connectivity index (χ0v) is 10.5. The van der Waals surface area contributed by atoms with Crippen LogP contribution in [0.3, 0.4) is 0 Å². The first-order valence-corrected chi connectivity index (χ1v) is 5.98. The minimum Gasteiger partial charge on any atom is -0.346 e. The summed E-state index contributed by atoms with van der Waals surface area (Å²) >= 11 is 0. The van der Waals surface area contributed by atoms with Gasteiger partial charge in [-0.25, -0.2) is 13.2 Å². The van der Waals surface area contributed by atoms with Gasteiger partial charge in [0.25, 0.3) is 11.8 Å². The van der Waals surface area contributed by atoms with Crippen LogP contribution in [0, 0.1) is 5.82 Å². The van der Waals surface area contributed by atoms with Crippen LogP contribution >= 0.6 is 0 Å². The molecule has 0 saturated heterocycles. The number of halogens is 3. The molecule has 2 aromatic rings. The van der Waals surface area contributed by atoms with Gasteiger partial charge in [-0.1, -0.05) is 24.3 Å². The molecule has 0 bridgehead atoms. The molecule has 106 valence electrons. The fourth-order valence-corrected chi connectivity index (χ4v) is 1.84. The highest BCUT2D eigenvalue weighted by Crippen LogP contribution is 2.22. The van der Waals surface area contributed by atoms with E-state index >= 15 is 0 Å². The maximum atomic E-state index is 13.6. The number of carbonyl (C=O) groups is 1. The summed E-state index contributed by atoms with van der Waals surface area (Å²) in [4.78, 5) is 11.9. The van der Waals surface area contributed by atoms with Crippen molar-refractivity contribution < 1.29 is 18.0 Å². The first kappa shape index (κ1) is 14.3. The molecule has 2 aromatic carbocycles. The van der Waals surface area contributed by atoms with E-state index in [0.29, 0.717) is 5.39 Å². The van der Waals surface area contributed by atoms with Crippen LogP contribution in [0.15, 0.2) is 36.4 Å². The lowest BCUT2D eigenvalue weighted by Crippen LogP contribution is -2.41. The third-order valence-electron chi connectivity index (χ3n) is 2.92. The lowest BCUT2D eigenvalue weighted by atomic mass is 10.0. The molecule has 0 unspecified atom stereocenters. The average molecular weight is 282 g/mol. The van der Waals surface area contributed by atoms with Crippen LogP contribution in [0.1, 0.15) is 10.4 Å². The van der Waals surface area contributed by atoms with Gasteiger partial charge in [-0.15, -0.1) is 0 Å². The predicted octanol–water partition coefficient (Wildman–Crippen LogP) is 2.30. The Labute approximate surface area is 113 Å². The largest absolute Gasteiger partial charge is 0.346 e. The third kappa shape index (κ3) is 2.91. The molecule has 0 spiro atoms. The van der Waals surface area contributed by atoms with E-state index in [1.165, 1.54) is 12.1 Å². The van der Waals surface area contributed by atoms with Crippen molar-refractivity contribution >= 4 is 16.7 Å². The van der Waals surface area contributed by atoms with Crippen LogP contribution in [0.5, 0.6) is 0 Å². The number of hydrogen-bond donors (Lipinski definition) is 2. The van der Waals surface area contributed by atoms with E-state index < -0.39 is 30.7 Å². The number of alkyl halides is 2. The zero-order chi connectivity index (χ0) is 14.8. The van der Waals surface area contributed by atoms with Crippen LogP contribution in [-0.4, -0.2) is 24.9 Å². The first-order valence-electron chi connectivity index (χ1n) is 5.98. The number of nitrogens with two attached hydrogens (primary N) is 1. The standard InChI is InChI=1S/C14H13F3N2O/c15-12-6-5-11(9-3-1-2-4-10(9)12)13(20)19-8-14(16,17)7-18/h1-6H,7-8,18H2,(H,19,20). The quantitative estimate of drug-likeness (QED) is 0.904. The van der Waals surface area contributed by atoms with Crippen molar-refractivity contribution in [3.05, 3.63) is 47.8 Å². The summed E-state index contributed by atoms with van der Waals surface area (Å²) < 4.78 is 39.6. The second-order valence-corrected chi connectivity index (χ2v) is 4.38. The van der Waals surface area contributed by atoms with E-state index in [4.69, 9.17) is 5.73 Å². The number of carbonyl (C=O) groups excluding carboxylic acids is 1. The molecule has 0 aromatic heterocycles. The second kappa shape index (κ2) is 5.50. The average Bonchev–Trinajstić information content (AvgIpc) is 2.46. The molecule has 0 aliphatic rings. The Morgan fingerprint density at radius 2 is 1.80 bits per heavy atom. The van der Waals surface area contributed by atoms with Gasteiger partial charge in [0.1, 0.15) is 5.82 Å². The van der Waals surface area contributed by atoms with Gasteiger partial charge in [-0.3, -0.25) is 4.79 Å². The van der Waals surface area contributed by atoms with Gasteiger partial charge >= 0.3 is 0 Å². The minimum absolute atomic E-state index is 0.148. The summed E-state index contributed by atoms with van der Waals surface area (Å²) in [6, 6.07) is 8.78. The Morgan fingerprint density at radius 3 is 2.45 bits per heavy atom. The molecule has 0 aliphatic heterocycles. The van der Waals surface area contributed by atoms with Gasteiger partial charge in [0.05, 0.1) is 13.1 Å². The summed E-state index contributed by atoms with van der Waals surface area (Å²) in [5.74, 6) is -4.32. The molecule has 3 N–H and O–H groups in total. The highest BCUT2D eigenvalue weighted by Gasteiger charge is 2.27. The van der Waals surface area contributed by atoms with E-state index in [0.717, 1.165) is 6.07 Å². The van der Waals surface area contributed by atoms with Crippen molar-refractivity contribution in [1.29, 1.82) is 0 Å². The third-order valence-corrected chi connectivity index (χ3v) is 2.92. The number of fused-ring (bicyclic) bond motifs is 1. The molecular formula is C14H13F3N2O. The Morgan fingerprint density at radius 1 is 1.15 bits per heavy atom. The summed E-state index contributed by atoms with van der Waals surface area (Å²) in [6.45, 7) is -1.70. The molecule has 0 heterocycles. The number of hydrogen-bond acceptors (Lipinski definition) is 2. The summed E-state index contributed by atoms with van der Waals surface area (Å²) in [6.07, 6.45) is 0. The van der Waals surface area contributed by atoms with E-state index in [1.54, 1.807) is 18.2 Å². The van der Waals surface area contributed by atoms with E-state index in [1.807, 2.05) is 0 Å². The molecule has 1 amide bonds. The SMILES string of the molecule is NCC(F)(F)CNC(=O)c1ccc(F)c2ccccc12. The summed E-state index contributed by atoms with van der Waals surface area (Å²) in [5, 5.41) is 2.76. The van der Waals surface area contributed by atoms with Crippen LogP contribution in [-0.2, 0) is 0 Å². The number of benzene rings is 2. The minimum atomic E-state index is -3.16. The molecule has 0 fully saturated rings. The van der Waals surface area contributed by atoms with E-state index in [9.17, 15) is 18.0 Å². The van der Waals surface area contributed by atoms with E-state index in [2.05, 4.69) is 5.32 Å². The fraction of sp³-hybridized carbons (Fsp3) is 0.214. The summed E-state index contributed by atoms with van der Waals surface area (Å²) in [7, 11) is 0. The maximum absolute atomic E-state index is 13.6. The predicted molar refractivity (Wildman–Crippen MR) is 70.2 cm³/mol. The van der Waals surface area contributed by atoms with Crippen LogP contribution in [0.4, 0.5) is 13.2 Å². The molecule has 0 saturated carbocycles. The second-order valence-electron chi connectivity index (χ2n) is 4.38. The van der Waals surface area contributed by atoms with Gasteiger partial charge in [0.2, 0.25) is 0 Å². The Kier molecular flexibility index (Phi) is 3.94. The van der Waals surface area contributed by atoms with Gasteiger partial charge in [0, 0.05) is 10.9 Å². The number of rotatable bonds is 4. The van der Waals surface area contributed by atoms with Gasteiger partial charge in [-0.05, 0) is 17.5 Å². The molecule has 0 radical (unpaired) electrons. The number of amides is 1. The Balaban J connectivity index is 2.29. The summed E-state index contributed by atoms with van der Waals surface area (Å²) in [5.41, 5.74) is 5.04. The van der Waals surface area contributed by atoms with Gasteiger partial charge < -0.3 is 11.1 Å². The van der Waals surface area contributed by atoms with Crippen LogP contribution in [0.25, 0.3) is 10.8 Å². The molecule has 2 rings (SSSR count). The van der Waals surface area contributed by atoms with Gasteiger partial charge in [0.15, 0.2) is 0 Å². The van der Waals surface area contributed by atoms with Crippen molar-refractivity contribution in [1.82, 2.24) is 5.32 Å². The lowest BCUT2D eigenvalue weighted by Gasteiger charge is -2.15. The number of nitrogens with one attached hydrogen (secondary N) is 1. The highest BCUT2D eigenvalue weighted by atomic mass is 19.3. The molecule has 3 nitrogen and oxygen atoms in total. The fourth-order valence-electron chi connectivity index (χ4n) is 1.84. The zero-order valence-electron chi connectivity index (χ0n) is 10.5. The topological polar surface area (TPSA) is 55.1 Å². The molecule has 0 aliphatic carbocycles. The van der Waals surface area contributed by atoms with Crippen molar-refractivity contribution in [2.75, 3.05) is 13.1 Å². The first-order chi connectivity index (χ1) is 9.44. The lowest BCUT2D eigenvalue weighted by molar-refractivity contribution is 0.0119. The Hall–Kier alpha value is -2.08. The highest BCUT2D eigenvalue weighted by molar-refractivity contribution is 6.07. The molecular weight excluding hydrogens is 269 g/mol. The normalized spacial score (nSPS) is 11.6. The van der Waals surface area contributed by atoms with Crippen molar-refractivity contribution in [3.63, 3.8) is 0 Å². The van der Waals surface area contributed by atoms with Crippen molar-refractivity contribution in [3.8, 4) is 0 Å². The van der Waals surface area contributed by atoms with Gasteiger partial charge in [-0.2, -0.15) is 0 Å². The Bertz CT molecular complexity index is 643. The van der Waals surface area contributed by atoms with Crippen molar-refractivity contribution in [2.45, 2.75) is 5.92 Å². The van der Waals surface area contributed by atoms with E-state index in [-0.39, 0.29) is 10.9 Å². The smallest absolute Gasteiger partial charge is 0.277 e. The van der Waals surface area contributed by atoms with Crippen LogP contribution < -0.4 is 11.1 Å². The molecule has 0 atom stereocenters. The monoisotopic (exact) mass is 282 g/mol. The maximum Gasteiger partial charge on any atom is 0.277 e.